The minimum atomic E-state index is 0.649. The molecule has 0 radical (unpaired) electrons. The Morgan fingerprint density at radius 1 is 1.27 bits per heavy atom. The molecule has 3 nitrogen and oxygen atoms in total. The summed E-state index contributed by atoms with van der Waals surface area (Å²) in [5, 5.41) is 2.08. The molecule has 0 atom stereocenters. The largest absolute Gasteiger partial charge is 0.494 e. The van der Waals surface area contributed by atoms with Crippen LogP contribution in [0.15, 0.2) is 30.5 Å². The molecule has 0 fully saturated rings. The summed E-state index contributed by atoms with van der Waals surface area (Å²) in [6.45, 7) is 2.64. The quantitative estimate of drug-likeness (QED) is 0.768. The minimum absolute atomic E-state index is 0.649. The first-order valence-corrected chi connectivity index (χ1v) is 4.90. The fourth-order valence-electron chi connectivity index (χ4n) is 1.55. The molecule has 0 unspecified atom stereocenters. The van der Waals surface area contributed by atoms with E-state index in [-0.39, 0.29) is 0 Å². The average Bonchev–Trinajstić information content (AvgIpc) is 2.28. The number of fused-ring (bicyclic) bond motifs is 1. The molecule has 78 valence electrons. The third kappa shape index (κ3) is 1.86. The standard InChI is InChI=1S/C12H13NO2/c1-3-15-10-4-5-11-9(8-10)6-7-13-12(11)14-2/h4-8H,3H2,1-2H3. The summed E-state index contributed by atoms with van der Waals surface area (Å²) in [5.41, 5.74) is 0. The molecule has 15 heavy (non-hydrogen) atoms. The Bertz CT molecular complexity index is 468. The van der Waals surface area contributed by atoms with Gasteiger partial charge in [0.25, 0.3) is 0 Å². The van der Waals surface area contributed by atoms with Crippen molar-refractivity contribution in [1.82, 2.24) is 4.98 Å². The van der Waals surface area contributed by atoms with Crippen LogP contribution in [-0.2, 0) is 0 Å². The van der Waals surface area contributed by atoms with E-state index in [1.54, 1.807) is 13.3 Å². The Kier molecular flexibility index (Phi) is 2.72. The molecule has 1 aromatic heterocycles. The molecule has 2 rings (SSSR count). The van der Waals surface area contributed by atoms with Crippen LogP contribution >= 0.6 is 0 Å². The number of benzene rings is 1. The second kappa shape index (κ2) is 4.17. The lowest BCUT2D eigenvalue weighted by molar-refractivity contribution is 0.340. The van der Waals surface area contributed by atoms with E-state index in [2.05, 4.69) is 4.98 Å². The molecule has 1 heterocycles. The van der Waals surface area contributed by atoms with Crippen LogP contribution in [0.1, 0.15) is 6.92 Å². The van der Waals surface area contributed by atoms with Crippen molar-refractivity contribution in [3.8, 4) is 11.6 Å². The van der Waals surface area contributed by atoms with Gasteiger partial charge in [-0.3, -0.25) is 0 Å². The van der Waals surface area contributed by atoms with Gasteiger partial charge in [-0.15, -0.1) is 0 Å². The Labute approximate surface area is 88.7 Å². The predicted molar refractivity (Wildman–Crippen MR) is 59.5 cm³/mol. The van der Waals surface area contributed by atoms with E-state index in [0.29, 0.717) is 12.5 Å². The average molecular weight is 203 g/mol. The summed E-state index contributed by atoms with van der Waals surface area (Å²) in [6.07, 6.45) is 1.73. The SMILES string of the molecule is CCOc1ccc2c(OC)nccc2c1. The predicted octanol–water partition coefficient (Wildman–Crippen LogP) is 2.64. The van der Waals surface area contributed by atoms with Gasteiger partial charge >= 0.3 is 0 Å². The van der Waals surface area contributed by atoms with Crippen LogP contribution in [0, 0.1) is 0 Å². The first kappa shape index (κ1) is 9.77. The van der Waals surface area contributed by atoms with Crippen LogP contribution in [0.4, 0.5) is 0 Å². The van der Waals surface area contributed by atoms with Crippen molar-refractivity contribution in [3.05, 3.63) is 30.5 Å². The van der Waals surface area contributed by atoms with Crippen LogP contribution in [0.25, 0.3) is 10.8 Å². The van der Waals surface area contributed by atoms with E-state index in [0.717, 1.165) is 16.5 Å². The van der Waals surface area contributed by atoms with Gasteiger partial charge in [-0.05, 0) is 36.6 Å². The Hall–Kier alpha value is -1.77. The van der Waals surface area contributed by atoms with Crippen molar-refractivity contribution < 1.29 is 9.47 Å². The molecule has 0 bridgehead atoms. The number of aromatic nitrogens is 1. The number of nitrogens with zero attached hydrogens (tertiary/aromatic N) is 1. The van der Waals surface area contributed by atoms with Gasteiger partial charge in [-0.2, -0.15) is 0 Å². The zero-order valence-corrected chi connectivity index (χ0v) is 8.86. The fourth-order valence-corrected chi connectivity index (χ4v) is 1.55. The highest BCUT2D eigenvalue weighted by atomic mass is 16.5. The van der Waals surface area contributed by atoms with Crippen LogP contribution in [0.3, 0.4) is 0 Å². The lowest BCUT2D eigenvalue weighted by atomic mass is 10.1. The van der Waals surface area contributed by atoms with E-state index < -0.39 is 0 Å². The molecule has 2 aromatic rings. The maximum atomic E-state index is 5.43. The van der Waals surface area contributed by atoms with Crippen molar-refractivity contribution in [2.75, 3.05) is 13.7 Å². The third-order valence-corrected chi connectivity index (χ3v) is 2.20. The number of hydrogen-bond acceptors (Lipinski definition) is 3. The Balaban J connectivity index is 2.53. The summed E-state index contributed by atoms with van der Waals surface area (Å²) in [6, 6.07) is 7.82. The molecular weight excluding hydrogens is 190 g/mol. The zero-order valence-electron chi connectivity index (χ0n) is 8.86. The highest BCUT2D eigenvalue weighted by Crippen LogP contribution is 2.26. The normalized spacial score (nSPS) is 10.3. The smallest absolute Gasteiger partial charge is 0.221 e. The van der Waals surface area contributed by atoms with Gasteiger partial charge in [0.1, 0.15) is 5.75 Å². The monoisotopic (exact) mass is 203 g/mol. The topological polar surface area (TPSA) is 31.4 Å². The molecular formula is C12H13NO2. The highest BCUT2D eigenvalue weighted by Gasteiger charge is 2.02. The maximum absolute atomic E-state index is 5.43. The van der Waals surface area contributed by atoms with E-state index >= 15 is 0 Å². The van der Waals surface area contributed by atoms with Crippen LogP contribution < -0.4 is 9.47 Å². The van der Waals surface area contributed by atoms with Gasteiger partial charge in [0.15, 0.2) is 0 Å². The van der Waals surface area contributed by atoms with Gasteiger partial charge in [0.2, 0.25) is 5.88 Å². The van der Waals surface area contributed by atoms with Crippen molar-refractivity contribution in [3.63, 3.8) is 0 Å². The number of ether oxygens (including phenoxy) is 2. The van der Waals surface area contributed by atoms with Gasteiger partial charge in [-0.25, -0.2) is 4.98 Å². The Morgan fingerprint density at radius 2 is 2.13 bits per heavy atom. The second-order valence-corrected chi connectivity index (χ2v) is 3.14. The summed E-state index contributed by atoms with van der Waals surface area (Å²) in [7, 11) is 1.62. The van der Waals surface area contributed by atoms with E-state index in [4.69, 9.17) is 9.47 Å². The first-order chi connectivity index (χ1) is 7.35. The van der Waals surface area contributed by atoms with Crippen LogP contribution in [0.2, 0.25) is 0 Å². The van der Waals surface area contributed by atoms with E-state index in [1.165, 1.54) is 0 Å². The molecule has 0 amide bonds. The minimum Gasteiger partial charge on any atom is -0.494 e. The zero-order chi connectivity index (χ0) is 10.7. The maximum Gasteiger partial charge on any atom is 0.221 e. The third-order valence-electron chi connectivity index (χ3n) is 2.20. The van der Waals surface area contributed by atoms with E-state index in [9.17, 15) is 0 Å². The second-order valence-electron chi connectivity index (χ2n) is 3.14. The van der Waals surface area contributed by atoms with Crippen molar-refractivity contribution >= 4 is 10.8 Å². The number of pyridine rings is 1. The Morgan fingerprint density at radius 3 is 2.87 bits per heavy atom. The molecule has 0 spiro atoms. The number of rotatable bonds is 3. The number of hydrogen-bond donors (Lipinski definition) is 0. The summed E-state index contributed by atoms with van der Waals surface area (Å²) in [4.78, 5) is 4.14. The molecule has 0 aliphatic carbocycles. The van der Waals surface area contributed by atoms with E-state index in [1.807, 2.05) is 31.2 Å². The molecule has 1 aromatic carbocycles. The van der Waals surface area contributed by atoms with Gasteiger partial charge in [0.05, 0.1) is 13.7 Å². The van der Waals surface area contributed by atoms with Crippen molar-refractivity contribution in [2.45, 2.75) is 6.92 Å². The van der Waals surface area contributed by atoms with Crippen LogP contribution in [-0.4, -0.2) is 18.7 Å². The molecule has 0 aliphatic rings. The van der Waals surface area contributed by atoms with Crippen molar-refractivity contribution in [2.24, 2.45) is 0 Å². The summed E-state index contributed by atoms with van der Waals surface area (Å²) < 4.78 is 10.6. The highest BCUT2D eigenvalue weighted by molar-refractivity contribution is 5.87. The van der Waals surface area contributed by atoms with Crippen molar-refractivity contribution in [1.29, 1.82) is 0 Å². The summed E-state index contributed by atoms with van der Waals surface area (Å²) >= 11 is 0. The molecule has 0 N–H and O–H groups in total. The summed E-state index contributed by atoms with van der Waals surface area (Å²) in [5.74, 6) is 1.52. The van der Waals surface area contributed by atoms with Gasteiger partial charge in [0, 0.05) is 11.6 Å². The van der Waals surface area contributed by atoms with Crippen LogP contribution in [0.5, 0.6) is 11.6 Å². The lowest BCUT2D eigenvalue weighted by Gasteiger charge is -2.06. The molecule has 3 heteroatoms. The molecule has 0 saturated carbocycles. The molecule has 0 saturated heterocycles. The van der Waals surface area contributed by atoms with Gasteiger partial charge < -0.3 is 9.47 Å². The number of methoxy groups -OCH3 is 1. The first-order valence-electron chi connectivity index (χ1n) is 4.90. The van der Waals surface area contributed by atoms with Gasteiger partial charge in [-0.1, -0.05) is 0 Å². The lowest BCUT2D eigenvalue weighted by Crippen LogP contribution is -1.92. The molecule has 0 aliphatic heterocycles. The fraction of sp³-hybridized carbons (Fsp3) is 0.250.